The second kappa shape index (κ2) is 18.8. The number of hydrogen-bond acceptors (Lipinski definition) is 8. The van der Waals surface area contributed by atoms with Crippen LogP contribution in [0.1, 0.15) is 0 Å². The van der Waals surface area contributed by atoms with Gasteiger partial charge >= 0.3 is 0 Å². The summed E-state index contributed by atoms with van der Waals surface area (Å²) in [5.74, 6) is 6.65. The number of ether oxygens (including phenoxy) is 8. The van der Waals surface area contributed by atoms with Crippen LogP contribution in [0.25, 0.3) is 0 Å². The summed E-state index contributed by atoms with van der Waals surface area (Å²) in [6.45, 7) is 0. The summed E-state index contributed by atoms with van der Waals surface area (Å²) >= 11 is 0. The van der Waals surface area contributed by atoms with Crippen molar-refractivity contribution in [1.29, 1.82) is 0 Å². The molecule has 0 saturated carbocycles. The first kappa shape index (κ1) is 38.0. The predicted octanol–water partition coefficient (Wildman–Crippen LogP) is 1.69. The van der Waals surface area contributed by atoms with E-state index in [2.05, 4.69) is 48.5 Å². The van der Waals surface area contributed by atoms with Gasteiger partial charge in [0.25, 0.3) is 0 Å². The number of hydrogen-bond donors (Lipinski definition) is 0. The van der Waals surface area contributed by atoms with Gasteiger partial charge in [0.15, 0.2) is 46.0 Å². The first-order valence-corrected chi connectivity index (χ1v) is 23.5. The van der Waals surface area contributed by atoms with Crippen LogP contribution in [0.2, 0.25) is 24.2 Å². The van der Waals surface area contributed by atoms with Gasteiger partial charge < -0.3 is 37.9 Å². The Morgan fingerprint density at radius 3 is 0.755 bits per heavy atom. The van der Waals surface area contributed by atoms with E-state index in [1.807, 2.05) is 24.3 Å². The van der Waals surface area contributed by atoms with Gasteiger partial charge in [0.2, 0.25) is 0 Å². The predicted molar refractivity (Wildman–Crippen MR) is 213 cm³/mol. The van der Waals surface area contributed by atoms with E-state index in [0.717, 1.165) is 70.2 Å². The second-order valence-corrected chi connectivity index (χ2v) is 19.2. The molecule has 264 valence electrons. The van der Waals surface area contributed by atoms with Gasteiger partial charge in [-0.15, -0.1) is 0 Å². The van der Waals surface area contributed by atoms with Gasteiger partial charge in [-0.3, -0.25) is 0 Å². The Labute approximate surface area is 301 Å². The van der Waals surface area contributed by atoms with Crippen molar-refractivity contribution in [1.82, 2.24) is 0 Å². The molecule has 0 radical (unpaired) electrons. The van der Waals surface area contributed by atoms with Gasteiger partial charge in [-0.25, -0.2) is 0 Å². The Bertz CT molecular complexity index is 1410. The van der Waals surface area contributed by atoms with Crippen molar-refractivity contribution in [2.75, 3.05) is 56.9 Å². The summed E-state index contributed by atoms with van der Waals surface area (Å²) < 4.78 is 46.6. The lowest BCUT2D eigenvalue weighted by Crippen LogP contribution is -2.37. The van der Waals surface area contributed by atoms with E-state index >= 15 is 0 Å². The Morgan fingerprint density at radius 1 is 0.347 bits per heavy atom. The lowest BCUT2D eigenvalue weighted by Gasteiger charge is -2.35. The van der Waals surface area contributed by atoms with Gasteiger partial charge in [-0.1, -0.05) is 72.7 Å². The van der Waals surface area contributed by atoms with Crippen molar-refractivity contribution < 1.29 is 37.9 Å². The van der Waals surface area contributed by atoms with E-state index in [1.165, 1.54) is 20.7 Å². The Hall–Kier alpha value is -3.85. The molecule has 0 heterocycles. The zero-order valence-electron chi connectivity index (χ0n) is 30.4. The van der Waals surface area contributed by atoms with Crippen LogP contribution < -0.4 is 58.6 Å². The molecule has 0 aliphatic rings. The lowest BCUT2D eigenvalue weighted by atomic mass is 9.98. The summed E-state index contributed by atoms with van der Waals surface area (Å²) in [5.41, 5.74) is 0.112. The lowest BCUT2D eigenvalue weighted by molar-refractivity contribution is 0.357. The number of rotatable bonds is 20. The molecule has 0 fully saturated rings. The smallest absolute Gasteiger partial charge is 0.160 e. The van der Waals surface area contributed by atoms with Crippen LogP contribution in [0.5, 0.6) is 46.0 Å². The molecule has 0 aliphatic heterocycles. The molecule has 0 atom stereocenters. The van der Waals surface area contributed by atoms with E-state index < -0.39 is 38.1 Å². The third-order valence-corrected chi connectivity index (χ3v) is 19.3. The molecule has 8 nitrogen and oxygen atoms in total. The minimum Gasteiger partial charge on any atom is -0.493 e. The molecule has 12 heteroatoms. The third-order valence-electron chi connectivity index (χ3n) is 9.64. The fourth-order valence-electron chi connectivity index (χ4n) is 6.95. The average Bonchev–Trinajstić information content (AvgIpc) is 3.16. The maximum Gasteiger partial charge on any atom is 0.160 e. The maximum atomic E-state index is 5.93. The van der Waals surface area contributed by atoms with Gasteiger partial charge in [0.05, 0.1) is 95.0 Å². The van der Waals surface area contributed by atoms with E-state index in [0.29, 0.717) is 0 Å². The Kier molecular flexibility index (Phi) is 14.6. The summed E-state index contributed by atoms with van der Waals surface area (Å²) in [5, 5.41) is 5.20. The molecule has 0 spiro atoms. The van der Waals surface area contributed by atoms with Crippen molar-refractivity contribution in [3.05, 3.63) is 72.8 Å². The molecule has 0 saturated heterocycles. The Morgan fingerprint density at radius 2 is 0.571 bits per heavy atom. The molecule has 0 N–H and O–H groups in total. The average molecular weight is 737 g/mol. The highest BCUT2D eigenvalue weighted by Crippen LogP contribution is 2.39. The molecule has 4 rings (SSSR count). The standard InChI is InChI=1S/C37H52O8Si4/c1-38-25-13-9-17-29(33(25)42-5)46-21-37(22-47-30-18-10-14-26(39-2)34(30)43-6,23-48-31-19-11-15-27(40-3)35(31)44-7)24-49-32-20-12-16-28(41-4)36(32)45-8/h9-20H,21-24,46-49H2,1-8H3. The molecule has 0 unspecified atom stereocenters. The zero-order valence-corrected chi connectivity index (χ0v) is 36.0. The molecule has 4 aromatic rings. The fraction of sp³-hybridized carbons (Fsp3) is 0.351. The number of para-hydroxylation sites is 4. The molecule has 0 aromatic heterocycles. The van der Waals surface area contributed by atoms with Crippen LogP contribution in [0.3, 0.4) is 0 Å². The highest BCUT2D eigenvalue weighted by molar-refractivity contribution is 6.60. The van der Waals surface area contributed by atoms with Crippen LogP contribution in [0, 0.1) is 5.41 Å². The van der Waals surface area contributed by atoms with E-state index in [4.69, 9.17) is 37.9 Å². The summed E-state index contributed by atoms with van der Waals surface area (Å²) in [7, 11) is 10.7. The second-order valence-electron chi connectivity index (χ2n) is 12.1. The SMILES string of the molecule is COc1cccc([SiH2]CC(C[SiH2]c2cccc(OC)c2OC)(C[SiH2]c2cccc(OC)c2OC)C[SiH2]c2cccc(OC)c2OC)c1OC. The van der Waals surface area contributed by atoms with E-state index in [1.54, 1.807) is 56.9 Å². The monoisotopic (exact) mass is 736 g/mol. The van der Waals surface area contributed by atoms with Crippen molar-refractivity contribution in [2.45, 2.75) is 24.2 Å². The minimum atomic E-state index is -0.774. The van der Waals surface area contributed by atoms with Gasteiger partial charge in [0.1, 0.15) is 0 Å². The first-order chi connectivity index (χ1) is 23.9. The molecule has 4 aromatic carbocycles. The van der Waals surface area contributed by atoms with Gasteiger partial charge in [0, 0.05) is 0 Å². The molecule has 0 aliphatic carbocycles. The van der Waals surface area contributed by atoms with Crippen LogP contribution >= 0.6 is 0 Å². The van der Waals surface area contributed by atoms with E-state index in [-0.39, 0.29) is 5.41 Å². The highest BCUT2D eigenvalue weighted by Gasteiger charge is 2.32. The summed E-state index contributed by atoms with van der Waals surface area (Å²) in [6.07, 6.45) is 0. The Balaban J connectivity index is 1.80. The van der Waals surface area contributed by atoms with Crippen LogP contribution in [-0.2, 0) is 0 Å². The molecular weight excluding hydrogens is 685 g/mol. The van der Waals surface area contributed by atoms with Gasteiger partial charge in [-0.05, 0) is 50.4 Å². The quantitative estimate of drug-likeness (QED) is 0.127. The molecular formula is C37H52O8Si4. The van der Waals surface area contributed by atoms with Crippen molar-refractivity contribution in [2.24, 2.45) is 5.41 Å². The van der Waals surface area contributed by atoms with Crippen LogP contribution in [-0.4, -0.2) is 95.0 Å². The normalized spacial score (nSPS) is 13.1. The zero-order chi connectivity index (χ0) is 35.2. The van der Waals surface area contributed by atoms with Crippen LogP contribution in [0.4, 0.5) is 0 Å². The van der Waals surface area contributed by atoms with Crippen molar-refractivity contribution in [3.8, 4) is 46.0 Å². The molecule has 0 amide bonds. The van der Waals surface area contributed by atoms with Gasteiger partial charge in [-0.2, -0.15) is 0 Å². The fourth-order valence-corrected chi connectivity index (χ4v) is 19.5. The molecule has 49 heavy (non-hydrogen) atoms. The summed E-state index contributed by atoms with van der Waals surface area (Å²) in [4.78, 5) is 0. The third kappa shape index (κ3) is 9.24. The largest absolute Gasteiger partial charge is 0.493 e. The van der Waals surface area contributed by atoms with E-state index in [9.17, 15) is 0 Å². The highest BCUT2D eigenvalue weighted by atomic mass is 28.2. The molecule has 0 bridgehead atoms. The topological polar surface area (TPSA) is 73.8 Å². The van der Waals surface area contributed by atoms with Crippen molar-refractivity contribution in [3.63, 3.8) is 0 Å². The number of benzene rings is 4. The maximum absolute atomic E-state index is 5.93. The van der Waals surface area contributed by atoms with Crippen molar-refractivity contribution >= 4 is 58.8 Å². The summed E-state index contributed by atoms with van der Waals surface area (Å²) in [6, 6.07) is 29.8. The van der Waals surface area contributed by atoms with Crippen LogP contribution in [0.15, 0.2) is 72.8 Å². The number of methoxy groups -OCH3 is 8. The minimum absolute atomic E-state index is 0.112. The first-order valence-electron chi connectivity index (χ1n) is 16.7.